The number of rotatable bonds is 3. The third-order valence-electron chi connectivity index (χ3n) is 1.67. The zero-order chi connectivity index (χ0) is 10.6. The standard InChI is InChI=1S/C9H12BrNO3/c1-2-14-9(13)6-11-5-7(10)3-4-8(11)12/h3-5,8,12H,2,6H2,1H3. The number of carbonyl (C=O) groups is 1. The van der Waals surface area contributed by atoms with Gasteiger partial charge in [-0.1, -0.05) is 0 Å². The summed E-state index contributed by atoms with van der Waals surface area (Å²) >= 11 is 3.25. The lowest BCUT2D eigenvalue weighted by molar-refractivity contribution is -0.145. The minimum atomic E-state index is -0.763. The number of carbonyl (C=O) groups excluding carboxylic acids is 1. The highest BCUT2D eigenvalue weighted by Gasteiger charge is 2.16. The molecule has 14 heavy (non-hydrogen) atoms. The van der Waals surface area contributed by atoms with Gasteiger partial charge in [0, 0.05) is 10.7 Å². The Kier molecular flexibility index (Phi) is 4.16. The van der Waals surface area contributed by atoms with Gasteiger partial charge in [-0.15, -0.1) is 0 Å². The lowest BCUT2D eigenvalue weighted by Crippen LogP contribution is -2.35. The molecule has 1 atom stereocenters. The topological polar surface area (TPSA) is 49.8 Å². The van der Waals surface area contributed by atoms with E-state index in [2.05, 4.69) is 15.9 Å². The zero-order valence-corrected chi connectivity index (χ0v) is 9.40. The largest absolute Gasteiger partial charge is 0.465 e. The van der Waals surface area contributed by atoms with Crippen LogP contribution in [0.25, 0.3) is 0 Å². The van der Waals surface area contributed by atoms with Crippen LogP contribution in [-0.4, -0.2) is 35.4 Å². The Morgan fingerprint density at radius 3 is 3.14 bits per heavy atom. The van der Waals surface area contributed by atoms with Gasteiger partial charge >= 0.3 is 5.97 Å². The summed E-state index contributed by atoms with van der Waals surface area (Å²) in [6.07, 6.45) is 4.21. The molecule has 4 nitrogen and oxygen atoms in total. The molecule has 0 aromatic rings. The molecule has 0 aromatic heterocycles. The van der Waals surface area contributed by atoms with E-state index in [1.54, 1.807) is 25.3 Å². The third kappa shape index (κ3) is 3.16. The van der Waals surface area contributed by atoms with E-state index in [1.165, 1.54) is 4.90 Å². The maximum atomic E-state index is 11.1. The highest BCUT2D eigenvalue weighted by molar-refractivity contribution is 9.11. The summed E-state index contributed by atoms with van der Waals surface area (Å²) in [7, 11) is 0. The van der Waals surface area contributed by atoms with Crippen molar-refractivity contribution in [2.45, 2.75) is 13.2 Å². The second-order valence-corrected chi connectivity index (χ2v) is 3.68. The fraction of sp³-hybridized carbons (Fsp3) is 0.444. The van der Waals surface area contributed by atoms with E-state index in [1.807, 2.05) is 0 Å². The monoisotopic (exact) mass is 261 g/mol. The smallest absolute Gasteiger partial charge is 0.325 e. The molecule has 5 heteroatoms. The van der Waals surface area contributed by atoms with Crippen LogP contribution in [0.1, 0.15) is 6.92 Å². The lowest BCUT2D eigenvalue weighted by Gasteiger charge is -2.25. The predicted octanol–water partition coefficient (Wildman–Crippen LogP) is 0.976. The summed E-state index contributed by atoms with van der Waals surface area (Å²) in [5.41, 5.74) is 0. The first-order chi connectivity index (χ1) is 6.63. The average Bonchev–Trinajstić information content (AvgIpc) is 2.12. The van der Waals surface area contributed by atoms with Gasteiger partial charge in [-0.25, -0.2) is 0 Å². The maximum absolute atomic E-state index is 11.1. The van der Waals surface area contributed by atoms with Crippen LogP contribution in [0.3, 0.4) is 0 Å². The van der Waals surface area contributed by atoms with E-state index in [-0.39, 0.29) is 12.5 Å². The molecule has 0 aliphatic carbocycles. The van der Waals surface area contributed by atoms with Crippen LogP contribution in [0.2, 0.25) is 0 Å². The first kappa shape index (κ1) is 11.3. The van der Waals surface area contributed by atoms with Crippen molar-refractivity contribution in [3.63, 3.8) is 0 Å². The number of hydrogen-bond donors (Lipinski definition) is 1. The van der Waals surface area contributed by atoms with E-state index in [0.717, 1.165) is 4.48 Å². The fourth-order valence-corrected chi connectivity index (χ4v) is 1.48. The van der Waals surface area contributed by atoms with Crippen molar-refractivity contribution in [2.24, 2.45) is 0 Å². The van der Waals surface area contributed by atoms with Crippen molar-refractivity contribution in [1.82, 2.24) is 4.90 Å². The molecular weight excluding hydrogens is 250 g/mol. The summed E-state index contributed by atoms with van der Waals surface area (Å²) in [6.45, 7) is 2.15. The minimum absolute atomic E-state index is 0.0500. The molecule has 0 spiro atoms. The van der Waals surface area contributed by atoms with Gasteiger partial charge in [-0.2, -0.15) is 0 Å². The van der Waals surface area contributed by atoms with E-state index in [4.69, 9.17) is 4.74 Å². The Morgan fingerprint density at radius 1 is 1.79 bits per heavy atom. The maximum Gasteiger partial charge on any atom is 0.325 e. The highest BCUT2D eigenvalue weighted by atomic mass is 79.9. The number of ether oxygens (including phenoxy) is 1. The Labute approximate surface area is 91.0 Å². The predicted molar refractivity (Wildman–Crippen MR) is 55.5 cm³/mol. The van der Waals surface area contributed by atoms with E-state index < -0.39 is 6.23 Å². The van der Waals surface area contributed by atoms with Crippen molar-refractivity contribution in [3.8, 4) is 0 Å². The van der Waals surface area contributed by atoms with Gasteiger partial charge in [0.1, 0.15) is 12.8 Å². The van der Waals surface area contributed by atoms with E-state index in [0.29, 0.717) is 6.61 Å². The van der Waals surface area contributed by atoms with Gasteiger partial charge in [0.25, 0.3) is 0 Å². The highest BCUT2D eigenvalue weighted by Crippen LogP contribution is 2.16. The van der Waals surface area contributed by atoms with Crippen molar-refractivity contribution in [3.05, 3.63) is 22.8 Å². The average molecular weight is 262 g/mol. The number of esters is 1. The second-order valence-electron chi connectivity index (χ2n) is 2.76. The van der Waals surface area contributed by atoms with E-state index >= 15 is 0 Å². The molecule has 1 rings (SSSR count). The Bertz CT molecular complexity index is 275. The third-order valence-corrected chi connectivity index (χ3v) is 2.14. The number of aliphatic hydroxyl groups excluding tert-OH is 1. The number of halogens is 1. The Hall–Kier alpha value is -0.810. The van der Waals surface area contributed by atoms with Gasteiger partial charge in [0.2, 0.25) is 0 Å². The fourth-order valence-electron chi connectivity index (χ4n) is 1.06. The number of hydrogen-bond acceptors (Lipinski definition) is 4. The van der Waals surface area contributed by atoms with E-state index in [9.17, 15) is 9.90 Å². The number of nitrogens with zero attached hydrogens (tertiary/aromatic N) is 1. The van der Waals surface area contributed by atoms with Crippen molar-refractivity contribution in [2.75, 3.05) is 13.2 Å². The molecule has 0 bridgehead atoms. The number of allylic oxidation sites excluding steroid dienone is 2. The SMILES string of the molecule is CCOC(=O)CN1C=C(Br)C=CC1O. The zero-order valence-electron chi connectivity index (χ0n) is 7.81. The van der Waals surface area contributed by atoms with Crippen LogP contribution in [-0.2, 0) is 9.53 Å². The van der Waals surface area contributed by atoms with Crippen molar-refractivity contribution >= 4 is 21.9 Å². The molecule has 0 fully saturated rings. The molecular formula is C9H12BrNO3. The quantitative estimate of drug-likeness (QED) is 0.770. The lowest BCUT2D eigenvalue weighted by atomic mass is 10.3. The molecule has 0 amide bonds. The van der Waals surface area contributed by atoms with Crippen LogP contribution in [0.4, 0.5) is 0 Å². The normalized spacial score (nSPS) is 20.6. The van der Waals surface area contributed by atoms with Gasteiger partial charge in [-0.05, 0) is 35.0 Å². The van der Waals surface area contributed by atoms with Gasteiger partial charge in [0.15, 0.2) is 0 Å². The molecule has 0 saturated heterocycles. The first-order valence-electron chi connectivity index (χ1n) is 4.28. The van der Waals surface area contributed by atoms with Crippen LogP contribution in [0.15, 0.2) is 22.8 Å². The summed E-state index contributed by atoms with van der Waals surface area (Å²) < 4.78 is 5.58. The van der Waals surface area contributed by atoms with Crippen molar-refractivity contribution < 1.29 is 14.6 Å². The molecule has 1 heterocycles. The van der Waals surface area contributed by atoms with Crippen molar-refractivity contribution in [1.29, 1.82) is 0 Å². The molecule has 1 aliphatic rings. The molecule has 78 valence electrons. The molecule has 0 radical (unpaired) electrons. The Morgan fingerprint density at radius 2 is 2.50 bits per heavy atom. The minimum Gasteiger partial charge on any atom is -0.465 e. The number of aliphatic hydroxyl groups is 1. The summed E-state index contributed by atoms with van der Waals surface area (Å²) in [4.78, 5) is 12.6. The van der Waals surface area contributed by atoms with Gasteiger partial charge < -0.3 is 14.7 Å². The second kappa shape index (κ2) is 5.17. The molecule has 1 aliphatic heterocycles. The summed E-state index contributed by atoms with van der Waals surface area (Å²) in [6, 6.07) is 0. The molecule has 1 N–H and O–H groups in total. The van der Waals surface area contributed by atoms with Crippen LogP contribution in [0, 0.1) is 0 Å². The van der Waals surface area contributed by atoms with Crippen LogP contribution >= 0.6 is 15.9 Å². The first-order valence-corrected chi connectivity index (χ1v) is 5.07. The Balaban J connectivity index is 2.52. The molecule has 1 unspecified atom stereocenters. The van der Waals surface area contributed by atoms with Gasteiger partial charge in [0.05, 0.1) is 6.61 Å². The molecule has 0 aromatic carbocycles. The molecule has 0 saturated carbocycles. The van der Waals surface area contributed by atoms with Gasteiger partial charge in [-0.3, -0.25) is 4.79 Å². The summed E-state index contributed by atoms with van der Waals surface area (Å²) in [5.74, 6) is -0.349. The summed E-state index contributed by atoms with van der Waals surface area (Å²) in [5, 5.41) is 9.47. The van der Waals surface area contributed by atoms with Crippen LogP contribution < -0.4 is 0 Å². The van der Waals surface area contributed by atoms with Crippen LogP contribution in [0.5, 0.6) is 0 Å².